The normalized spacial score (nSPS) is 21.5. The van der Waals surface area contributed by atoms with Gasteiger partial charge in [0.15, 0.2) is 0 Å². The Kier molecular flexibility index (Phi) is 7.06. The Morgan fingerprint density at radius 2 is 2.30 bits per heavy atom. The molecule has 5 heteroatoms. The summed E-state index contributed by atoms with van der Waals surface area (Å²) in [5.41, 5.74) is 0.707. The lowest BCUT2D eigenvalue weighted by Gasteiger charge is -2.30. The molecule has 0 bridgehead atoms. The number of hydrogen-bond acceptors (Lipinski definition) is 1. The summed E-state index contributed by atoms with van der Waals surface area (Å²) in [7, 11) is 0. The van der Waals surface area contributed by atoms with Gasteiger partial charge in [0.2, 0.25) is 5.91 Å². The van der Waals surface area contributed by atoms with Crippen molar-refractivity contribution in [3.05, 3.63) is 40.7 Å². The molecule has 1 aliphatic heterocycles. The van der Waals surface area contributed by atoms with Crippen LogP contribution in [0.25, 0.3) is 6.08 Å². The van der Waals surface area contributed by atoms with Gasteiger partial charge in [-0.1, -0.05) is 17.7 Å². The minimum absolute atomic E-state index is 0.0613. The van der Waals surface area contributed by atoms with E-state index in [0.29, 0.717) is 12.1 Å². The molecule has 3 nitrogen and oxygen atoms in total. The van der Waals surface area contributed by atoms with Crippen molar-refractivity contribution in [2.45, 2.75) is 38.6 Å². The van der Waals surface area contributed by atoms with Crippen LogP contribution >= 0.6 is 11.6 Å². The summed E-state index contributed by atoms with van der Waals surface area (Å²) < 4.78 is 13.0. The minimum atomic E-state index is -0.456. The lowest BCUT2D eigenvalue weighted by atomic mass is 10.0. The van der Waals surface area contributed by atoms with Crippen LogP contribution < -0.4 is 10.2 Å². The largest absolute Gasteiger partial charge is 0.352 e. The van der Waals surface area contributed by atoms with Crippen LogP contribution in [0, 0.1) is 5.82 Å². The summed E-state index contributed by atoms with van der Waals surface area (Å²) in [6, 6.07) is 5.12. The van der Waals surface area contributed by atoms with Crippen LogP contribution in [0.5, 0.6) is 0 Å². The van der Waals surface area contributed by atoms with E-state index in [2.05, 4.69) is 12.2 Å². The maximum atomic E-state index is 13.0. The fraction of sp³-hybridized carbons (Fsp3) is 0.500. The van der Waals surface area contributed by atoms with Crippen molar-refractivity contribution >= 4 is 23.6 Å². The molecule has 0 aliphatic carbocycles. The van der Waals surface area contributed by atoms with Crippen molar-refractivity contribution in [3.63, 3.8) is 0 Å². The molecule has 0 spiro atoms. The summed E-state index contributed by atoms with van der Waals surface area (Å²) in [5, 5.41) is 2.95. The van der Waals surface area contributed by atoms with Gasteiger partial charge in [0.1, 0.15) is 5.82 Å². The Morgan fingerprint density at radius 3 is 3.04 bits per heavy atom. The highest BCUT2D eigenvalue weighted by molar-refractivity contribution is 6.30. The Hall–Kier alpha value is -1.39. The molecule has 0 saturated carbocycles. The van der Waals surface area contributed by atoms with E-state index in [4.69, 9.17) is 11.6 Å². The number of carbonyl (C=O) groups excluding carboxylic acids is 1. The second-order valence-corrected chi connectivity index (χ2v) is 6.61. The lowest BCUT2D eigenvalue weighted by molar-refractivity contribution is -0.928. The number of halogens is 2. The summed E-state index contributed by atoms with van der Waals surface area (Å²) in [6.07, 6.45) is 8.06. The molecule has 1 saturated heterocycles. The van der Waals surface area contributed by atoms with Crippen molar-refractivity contribution < 1.29 is 14.1 Å². The van der Waals surface area contributed by atoms with Crippen molar-refractivity contribution in [2.24, 2.45) is 0 Å². The predicted molar refractivity (Wildman–Crippen MR) is 92.1 cm³/mol. The number of hydrogen-bond donors (Lipinski definition) is 2. The monoisotopic (exact) mass is 339 g/mol. The van der Waals surface area contributed by atoms with Gasteiger partial charge in [0.05, 0.1) is 24.2 Å². The Labute approximate surface area is 142 Å². The molecule has 2 atom stereocenters. The number of rotatable bonds is 6. The third-order valence-electron chi connectivity index (χ3n) is 4.43. The van der Waals surface area contributed by atoms with Gasteiger partial charge in [-0.3, -0.25) is 4.79 Å². The number of nitrogens with one attached hydrogen (secondary N) is 2. The molecule has 1 heterocycles. The molecular formula is C18H25ClFN2O+. The third kappa shape index (κ3) is 5.96. The molecule has 1 fully saturated rings. The molecule has 1 aromatic carbocycles. The first-order valence-electron chi connectivity index (χ1n) is 8.32. The van der Waals surface area contributed by atoms with Crippen molar-refractivity contribution in [2.75, 3.05) is 19.6 Å². The topological polar surface area (TPSA) is 33.5 Å². The van der Waals surface area contributed by atoms with Crippen LogP contribution in [-0.2, 0) is 4.79 Å². The molecule has 1 aliphatic rings. The van der Waals surface area contributed by atoms with Crippen molar-refractivity contribution in [3.8, 4) is 0 Å². The van der Waals surface area contributed by atoms with Gasteiger partial charge in [0.25, 0.3) is 0 Å². The SMILES string of the molecule is C[C@@H]1CCCC[NH+]1CCCNC(=O)/C=C/c1ccc(F)c(Cl)c1. The summed E-state index contributed by atoms with van der Waals surface area (Å²) in [4.78, 5) is 13.4. The first-order chi connectivity index (χ1) is 11.1. The van der Waals surface area contributed by atoms with E-state index < -0.39 is 5.82 Å². The fourth-order valence-corrected chi connectivity index (χ4v) is 3.19. The first-order valence-corrected chi connectivity index (χ1v) is 8.69. The van der Waals surface area contributed by atoms with Gasteiger partial charge in [-0.05, 0) is 50.0 Å². The standard InChI is InChI=1S/C18H24ClFN2O/c1-14-5-2-3-11-22(14)12-4-10-21-18(23)9-7-15-6-8-17(20)16(19)13-15/h6-9,13-14H,2-5,10-12H2,1H3,(H,21,23)/p+1/b9-7+/t14-/m1/s1. The zero-order valence-electron chi connectivity index (χ0n) is 13.6. The van der Waals surface area contributed by atoms with Crippen LogP contribution in [0.4, 0.5) is 4.39 Å². The van der Waals surface area contributed by atoms with E-state index in [1.165, 1.54) is 44.0 Å². The molecular weight excluding hydrogens is 315 g/mol. The Morgan fingerprint density at radius 1 is 1.48 bits per heavy atom. The predicted octanol–water partition coefficient (Wildman–Crippen LogP) is 2.46. The quantitative estimate of drug-likeness (QED) is 0.606. The molecule has 2 rings (SSSR count). The molecule has 0 radical (unpaired) electrons. The van der Waals surface area contributed by atoms with Gasteiger partial charge in [-0.2, -0.15) is 0 Å². The maximum Gasteiger partial charge on any atom is 0.244 e. The molecule has 126 valence electrons. The van der Waals surface area contributed by atoms with Gasteiger partial charge >= 0.3 is 0 Å². The highest BCUT2D eigenvalue weighted by atomic mass is 35.5. The van der Waals surface area contributed by atoms with E-state index in [0.717, 1.165) is 19.0 Å². The van der Waals surface area contributed by atoms with Crippen LogP contribution in [0.1, 0.15) is 38.2 Å². The number of carbonyl (C=O) groups is 1. The highest BCUT2D eigenvalue weighted by Crippen LogP contribution is 2.16. The molecule has 0 aromatic heterocycles. The van der Waals surface area contributed by atoms with Gasteiger partial charge in [-0.25, -0.2) is 4.39 Å². The molecule has 23 heavy (non-hydrogen) atoms. The van der Waals surface area contributed by atoms with E-state index >= 15 is 0 Å². The summed E-state index contributed by atoms with van der Waals surface area (Å²) in [6.45, 7) is 5.35. The lowest BCUT2D eigenvalue weighted by Crippen LogP contribution is -3.16. The smallest absolute Gasteiger partial charge is 0.244 e. The minimum Gasteiger partial charge on any atom is -0.352 e. The molecule has 1 aromatic rings. The number of piperidine rings is 1. The van der Waals surface area contributed by atoms with Gasteiger partial charge in [0, 0.05) is 19.0 Å². The van der Waals surface area contributed by atoms with Gasteiger partial charge < -0.3 is 10.2 Å². The molecule has 1 amide bonds. The summed E-state index contributed by atoms with van der Waals surface area (Å²) >= 11 is 5.71. The Balaban J connectivity index is 1.68. The van der Waals surface area contributed by atoms with Gasteiger partial charge in [-0.15, -0.1) is 0 Å². The number of quaternary nitrogens is 1. The summed E-state index contributed by atoms with van der Waals surface area (Å²) in [5.74, 6) is -0.588. The number of likely N-dealkylation sites (tertiary alicyclic amines) is 1. The zero-order valence-corrected chi connectivity index (χ0v) is 14.3. The van der Waals surface area contributed by atoms with E-state index in [9.17, 15) is 9.18 Å². The van der Waals surface area contributed by atoms with Crippen LogP contribution in [-0.4, -0.2) is 31.6 Å². The maximum absolute atomic E-state index is 13.0. The number of benzene rings is 1. The average molecular weight is 340 g/mol. The highest BCUT2D eigenvalue weighted by Gasteiger charge is 2.20. The van der Waals surface area contributed by atoms with E-state index in [1.807, 2.05) is 0 Å². The van der Waals surface area contributed by atoms with Crippen molar-refractivity contribution in [1.29, 1.82) is 0 Å². The van der Waals surface area contributed by atoms with Crippen LogP contribution in [0.3, 0.4) is 0 Å². The van der Waals surface area contributed by atoms with E-state index in [-0.39, 0.29) is 10.9 Å². The van der Waals surface area contributed by atoms with Crippen molar-refractivity contribution in [1.82, 2.24) is 5.32 Å². The molecule has 1 unspecified atom stereocenters. The molecule has 2 N–H and O–H groups in total. The van der Waals surface area contributed by atoms with Crippen LogP contribution in [0.15, 0.2) is 24.3 Å². The third-order valence-corrected chi connectivity index (χ3v) is 4.72. The average Bonchev–Trinajstić information content (AvgIpc) is 2.54. The fourth-order valence-electron chi connectivity index (χ4n) is 3.00. The first kappa shape index (κ1) is 18.0. The zero-order chi connectivity index (χ0) is 16.7. The second kappa shape index (κ2) is 9.04. The number of amides is 1. The van der Waals surface area contributed by atoms with Crippen LogP contribution in [0.2, 0.25) is 5.02 Å². The van der Waals surface area contributed by atoms with E-state index in [1.54, 1.807) is 17.0 Å². The second-order valence-electron chi connectivity index (χ2n) is 6.21. The Bertz CT molecular complexity index is 562.